The summed E-state index contributed by atoms with van der Waals surface area (Å²) < 4.78 is 31.0. The summed E-state index contributed by atoms with van der Waals surface area (Å²) in [6.07, 6.45) is 0.247. The predicted octanol–water partition coefficient (Wildman–Crippen LogP) is -0.0276. The van der Waals surface area contributed by atoms with Gasteiger partial charge in [-0.05, 0) is 12.8 Å². The minimum atomic E-state index is -4.69. The van der Waals surface area contributed by atoms with Gasteiger partial charge in [0.05, 0.1) is 0 Å². The number of hydrogen-bond donors (Lipinski definition) is 3. The fourth-order valence-electron chi connectivity index (χ4n) is 2.12. The average molecular weight is 252 g/mol. The molecule has 1 aliphatic rings. The van der Waals surface area contributed by atoms with Crippen LogP contribution in [0.1, 0.15) is 25.7 Å². The predicted molar refractivity (Wildman–Crippen MR) is 51.5 cm³/mol. The Morgan fingerprint density at radius 1 is 1.12 bits per heavy atom. The fourth-order valence-corrected chi connectivity index (χ4v) is 3.42. The Kier molecular flexibility index (Phi) is 3.25. The van der Waals surface area contributed by atoms with Crippen molar-refractivity contribution in [1.29, 1.82) is 0 Å². The Balaban J connectivity index is 3.32. The van der Waals surface area contributed by atoms with E-state index in [1.165, 1.54) is 0 Å². The van der Waals surface area contributed by atoms with Crippen LogP contribution in [-0.2, 0) is 19.7 Å². The van der Waals surface area contributed by atoms with E-state index >= 15 is 0 Å². The van der Waals surface area contributed by atoms with Gasteiger partial charge in [0.2, 0.25) is 0 Å². The molecule has 16 heavy (non-hydrogen) atoms. The van der Waals surface area contributed by atoms with Gasteiger partial charge in [0, 0.05) is 0 Å². The smallest absolute Gasteiger partial charge is 0.322 e. The van der Waals surface area contributed by atoms with Crippen LogP contribution in [0.4, 0.5) is 0 Å². The molecule has 0 heterocycles. The molecule has 0 aromatic heterocycles. The van der Waals surface area contributed by atoms with Crippen molar-refractivity contribution in [2.75, 3.05) is 0 Å². The standard InChI is InChI=1S/C8H12O7S/c9-6(10)8(7(11)12)4-2-1-3-5(8)16(13,14)15/h5H,1-4H2,(H,9,10)(H,11,12)(H,13,14,15). The van der Waals surface area contributed by atoms with Crippen molar-refractivity contribution in [3.8, 4) is 0 Å². The van der Waals surface area contributed by atoms with Crippen molar-refractivity contribution < 1.29 is 32.8 Å². The molecule has 0 bridgehead atoms. The van der Waals surface area contributed by atoms with Crippen LogP contribution in [-0.4, -0.2) is 40.4 Å². The molecule has 3 N–H and O–H groups in total. The Hall–Kier alpha value is -1.15. The fraction of sp³-hybridized carbons (Fsp3) is 0.750. The first-order valence-electron chi connectivity index (χ1n) is 4.66. The van der Waals surface area contributed by atoms with Gasteiger partial charge >= 0.3 is 11.9 Å². The minimum absolute atomic E-state index is 0.155. The SMILES string of the molecule is O=C(O)C1(C(=O)O)CCCCC1S(=O)(=O)O. The van der Waals surface area contributed by atoms with Crippen molar-refractivity contribution in [2.45, 2.75) is 30.9 Å². The van der Waals surface area contributed by atoms with E-state index in [9.17, 15) is 18.0 Å². The van der Waals surface area contributed by atoms with Crippen molar-refractivity contribution >= 4 is 22.1 Å². The third-order valence-electron chi connectivity index (χ3n) is 2.96. The highest BCUT2D eigenvalue weighted by molar-refractivity contribution is 7.86. The maximum atomic E-state index is 11.0. The highest BCUT2D eigenvalue weighted by atomic mass is 32.2. The molecule has 0 aliphatic heterocycles. The van der Waals surface area contributed by atoms with E-state index in [1.807, 2.05) is 0 Å². The summed E-state index contributed by atoms with van der Waals surface area (Å²) in [5.41, 5.74) is -2.42. The lowest BCUT2D eigenvalue weighted by atomic mass is 9.73. The summed E-state index contributed by atoms with van der Waals surface area (Å²) >= 11 is 0. The van der Waals surface area contributed by atoms with Gasteiger partial charge in [-0.25, -0.2) is 0 Å². The van der Waals surface area contributed by atoms with Gasteiger partial charge in [0.25, 0.3) is 10.1 Å². The van der Waals surface area contributed by atoms with E-state index in [-0.39, 0.29) is 12.8 Å². The third kappa shape index (κ3) is 1.90. The minimum Gasteiger partial charge on any atom is -0.480 e. The van der Waals surface area contributed by atoms with E-state index < -0.39 is 32.7 Å². The van der Waals surface area contributed by atoms with E-state index in [4.69, 9.17) is 14.8 Å². The summed E-state index contributed by atoms with van der Waals surface area (Å²) in [5, 5.41) is 16.1. The Labute approximate surface area is 91.8 Å². The summed E-state index contributed by atoms with van der Waals surface area (Å²) in [5.74, 6) is -3.44. The molecule has 1 atom stereocenters. The van der Waals surface area contributed by atoms with Crippen LogP contribution in [0.5, 0.6) is 0 Å². The molecule has 1 aliphatic carbocycles. The van der Waals surface area contributed by atoms with Crippen LogP contribution in [0.2, 0.25) is 0 Å². The second-order valence-corrected chi connectivity index (χ2v) is 5.43. The second kappa shape index (κ2) is 4.02. The summed E-state index contributed by atoms with van der Waals surface area (Å²) in [6, 6.07) is 0. The van der Waals surface area contributed by atoms with Gasteiger partial charge in [0.1, 0.15) is 5.25 Å². The van der Waals surface area contributed by atoms with Crippen LogP contribution in [0, 0.1) is 5.41 Å². The molecule has 0 radical (unpaired) electrons. The topological polar surface area (TPSA) is 129 Å². The van der Waals surface area contributed by atoms with Crippen LogP contribution in [0.15, 0.2) is 0 Å². The molecule has 0 amide bonds. The van der Waals surface area contributed by atoms with E-state index in [1.54, 1.807) is 0 Å². The second-order valence-electron chi connectivity index (χ2n) is 3.83. The van der Waals surface area contributed by atoms with E-state index in [0.29, 0.717) is 12.8 Å². The van der Waals surface area contributed by atoms with E-state index in [2.05, 4.69) is 0 Å². The molecular weight excluding hydrogens is 240 g/mol. The van der Waals surface area contributed by atoms with Gasteiger partial charge in [-0.15, -0.1) is 0 Å². The molecule has 92 valence electrons. The number of carboxylic acid groups (broad SMARTS) is 2. The molecule has 1 saturated carbocycles. The zero-order valence-electron chi connectivity index (χ0n) is 8.29. The van der Waals surface area contributed by atoms with Crippen LogP contribution < -0.4 is 0 Å². The van der Waals surface area contributed by atoms with Gasteiger partial charge in [0.15, 0.2) is 5.41 Å². The van der Waals surface area contributed by atoms with Gasteiger partial charge in [-0.1, -0.05) is 12.8 Å². The van der Waals surface area contributed by atoms with Crippen molar-refractivity contribution in [2.24, 2.45) is 5.41 Å². The molecule has 0 spiro atoms. The molecule has 0 aromatic carbocycles. The number of rotatable bonds is 3. The molecule has 1 rings (SSSR count). The first-order chi connectivity index (χ1) is 7.23. The molecule has 1 unspecified atom stereocenters. The number of carbonyl (C=O) groups is 2. The molecule has 0 aromatic rings. The van der Waals surface area contributed by atoms with Crippen LogP contribution in [0.3, 0.4) is 0 Å². The Bertz CT molecular complexity index is 396. The quantitative estimate of drug-likeness (QED) is 0.475. The average Bonchev–Trinajstić information content (AvgIpc) is 2.15. The molecular formula is C8H12O7S. The first-order valence-corrected chi connectivity index (χ1v) is 6.16. The van der Waals surface area contributed by atoms with Gasteiger partial charge < -0.3 is 10.2 Å². The van der Waals surface area contributed by atoms with Crippen molar-refractivity contribution in [3.05, 3.63) is 0 Å². The highest BCUT2D eigenvalue weighted by Crippen LogP contribution is 2.40. The number of hydrogen-bond acceptors (Lipinski definition) is 4. The molecule has 1 fully saturated rings. The monoisotopic (exact) mass is 252 g/mol. The third-order valence-corrected chi connectivity index (χ3v) is 4.32. The van der Waals surface area contributed by atoms with Crippen LogP contribution >= 0.6 is 0 Å². The van der Waals surface area contributed by atoms with Crippen LogP contribution in [0.25, 0.3) is 0 Å². The van der Waals surface area contributed by atoms with Gasteiger partial charge in [-0.3, -0.25) is 14.1 Å². The maximum Gasteiger partial charge on any atom is 0.322 e. The highest BCUT2D eigenvalue weighted by Gasteiger charge is 2.58. The summed E-state index contributed by atoms with van der Waals surface area (Å²) in [7, 11) is -4.69. The Morgan fingerprint density at radius 3 is 1.94 bits per heavy atom. The largest absolute Gasteiger partial charge is 0.480 e. The number of carboxylic acids is 2. The van der Waals surface area contributed by atoms with Crippen molar-refractivity contribution in [1.82, 2.24) is 0 Å². The maximum absolute atomic E-state index is 11.0. The summed E-state index contributed by atoms with van der Waals surface area (Å²) in [4.78, 5) is 22.0. The lowest BCUT2D eigenvalue weighted by Crippen LogP contribution is -2.53. The number of aliphatic carboxylic acids is 2. The lowest BCUT2D eigenvalue weighted by molar-refractivity contribution is -0.166. The molecule has 8 heteroatoms. The van der Waals surface area contributed by atoms with Gasteiger partial charge in [-0.2, -0.15) is 8.42 Å². The molecule has 0 saturated heterocycles. The normalized spacial score (nSPS) is 24.9. The zero-order valence-corrected chi connectivity index (χ0v) is 9.11. The van der Waals surface area contributed by atoms with Crippen molar-refractivity contribution in [3.63, 3.8) is 0 Å². The Morgan fingerprint density at radius 2 is 1.62 bits per heavy atom. The zero-order chi connectivity index (χ0) is 12.6. The van der Waals surface area contributed by atoms with E-state index in [0.717, 1.165) is 0 Å². The lowest BCUT2D eigenvalue weighted by Gasteiger charge is -2.34. The first kappa shape index (κ1) is 12.9. The summed E-state index contributed by atoms with van der Waals surface area (Å²) in [6.45, 7) is 0. The molecule has 7 nitrogen and oxygen atoms in total.